The van der Waals surface area contributed by atoms with Crippen LogP contribution in [0.25, 0.3) is 0 Å². The number of aliphatic carboxylic acids is 1. The summed E-state index contributed by atoms with van der Waals surface area (Å²) in [5, 5.41) is 8.61. The maximum Gasteiger partial charge on any atom is 0.309 e. The minimum absolute atomic E-state index is 0.0472. The Morgan fingerprint density at radius 2 is 2.38 bits per heavy atom. The zero-order valence-electron chi connectivity index (χ0n) is 7.78. The third-order valence-electron chi connectivity index (χ3n) is 1.64. The van der Waals surface area contributed by atoms with Crippen molar-refractivity contribution < 1.29 is 9.90 Å². The Morgan fingerprint density at radius 1 is 1.69 bits per heavy atom. The number of rotatable bonds is 4. The zero-order valence-corrected chi connectivity index (χ0v) is 8.60. The molecule has 1 aromatic rings. The lowest BCUT2D eigenvalue weighted by atomic mass is 10.1. The standard InChI is InChI=1S/C9H13NO2S/c1-6(2)3-8-7(4-9(11)12)10-5-13-8/h5-6H,3-4H2,1-2H3,(H,11,12). The minimum atomic E-state index is -0.809. The molecule has 1 rings (SSSR count). The molecule has 0 unspecified atom stereocenters. The Balaban J connectivity index is 2.71. The molecule has 0 bridgehead atoms. The van der Waals surface area contributed by atoms with Crippen molar-refractivity contribution in [2.45, 2.75) is 26.7 Å². The molecule has 1 heterocycles. The van der Waals surface area contributed by atoms with Gasteiger partial charge in [-0.2, -0.15) is 0 Å². The van der Waals surface area contributed by atoms with Gasteiger partial charge in [0.1, 0.15) is 0 Å². The van der Waals surface area contributed by atoms with E-state index in [-0.39, 0.29) is 6.42 Å². The van der Waals surface area contributed by atoms with E-state index in [2.05, 4.69) is 18.8 Å². The smallest absolute Gasteiger partial charge is 0.309 e. The first-order valence-corrected chi connectivity index (χ1v) is 5.10. The highest BCUT2D eigenvalue weighted by Gasteiger charge is 2.10. The summed E-state index contributed by atoms with van der Waals surface area (Å²) < 4.78 is 0. The Hall–Kier alpha value is -0.900. The van der Waals surface area contributed by atoms with Gasteiger partial charge in [-0.3, -0.25) is 4.79 Å². The number of carboxylic acids is 1. The van der Waals surface area contributed by atoms with Crippen molar-refractivity contribution in [3.8, 4) is 0 Å². The van der Waals surface area contributed by atoms with Gasteiger partial charge in [0.2, 0.25) is 0 Å². The largest absolute Gasteiger partial charge is 0.481 e. The quantitative estimate of drug-likeness (QED) is 0.806. The topological polar surface area (TPSA) is 50.2 Å². The molecule has 0 saturated heterocycles. The van der Waals surface area contributed by atoms with E-state index in [9.17, 15) is 4.79 Å². The molecular formula is C9H13NO2S. The highest BCUT2D eigenvalue weighted by Crippen LogP contribution is 2.18. The van der Waals surface area contributed by atoms with E-state index in [1.54, 1.807) is 16.8 Å². The van der Waals surface area contributed by atoms with Crippen molar-refractivity contribution >= 4 is 17.3 Å². The molecule has 3 nitrogen and oxygen atoms in total. The van der Waals surface area contributed by atoms with Gasteiger partial charge in [-0.25, -0.2) is 4.98 Å². The zero-order chi connectivity index (χ0) is 9.84. The normalized spacial score (nSPS) is 10.7. The van der Waals surface area contributed by atoms with Gasteiger partial charge in [-0.1, -0.05) is 13.8 Å². The summed E-state index contributed by atoms with van der Waals surface area (Å²) in [7, 11) is 0. The Labute approximate surface area is 81.4 Å². The maximum atomic E-state index is 10.5. The summed E-state index contributed by atoms with van der Waals surface area (Å²) in [5.74, 6) is -0.260. The van der Waals surface area contributed by atoms with E-state index in [4.69, 9.17) is 5.11 Å². The van der Waals surface area contributed by atoms with E-state index in [0.717, 1.165) is 17.0 Å². The lowest BCUT2D eigenvalue weighted by Gasteiger charge is -2.02. The van der Waals surface area contributed by atoms with Crippen molar-refractivity contribution in [1.82, 2.24) is 4.98 Å². The molecule has 0 saturated carbocycles. The Bertz CT molecular complexity index is 294. The van der Waals surface area contributed by atoms with Crippen LogP contribution in [0.5, 0.6) is 0 Å². The predicted octanol–water partition coefficient (Wildman–Crippen LogP) is 1.97. The lowest BCUT2D eigenvalue weighted by Crippen LogP contribution is -2.04. The van der Waals surface area contributed by atoms with Crippen molar-refractivity contribution in [3.05, 3.63) is 16.1 Å². The van der Waals surface area contributed by atoms with Crippen LogP contribution in [0.1, 0.15) is 24.4 Å². The van der Waals surface area contributed by atoms with E-state index < -0.39 is 5.97 Å². The van der Waals surface area contributed by atoms with Gasteiger partial charge in [0, 0.05) is 4.88 Å². The number of aromatic nitrogens is 1. The number of hydrogen-bond acceptors (Lipinski definition) is 3. The van der Waals surface area contributed by atoms with Crippen LogP contribution in [0.4, 0.5) is 0 Å². The van der Waals surface area contributed by atoms with Crippen molar-refractivity contribution in [3.63, 3.8) is 0 Å². The molecular weight excluding hydrogens is 186 g/mol. The molecule has 0 aromatic carbocycles. The second-order valence-electron chi connectivity index (χ2n) is 3.39. The molecule has 0 fully saturated rings. The average molecular weight is 199 g/mol. The summed E-state index contributed by atoms with van der Waals surface area (Å²) in [6.07, 6.45) is 0.971. The van der Waals surface area contributed by atoms with Crippen LogP contribution in [-0.2, 0) is 17.6 Å². The summed E-state index contributed by atoms with van der Waals surface area (Å²) in [5.41, 5.74) is 2.45. The van der Waals surface area contributed by atoms with Crippen LogP contribution < -0.4 is 0 Å². The fourth-order valence-corrected chi connectivity index (χ4v) is 2.12. The second-order valence-corrected chi connectivity index (χ2v) is 4.33. The summed E-state index contributed by atoms with van der Waals surface area (Å²) in [4.78, 5) is 15.6. The van der Waals surface area contributed by atoms with Gasteiger partial charge in [-0.15, -0.1) is 11.3 Å². The monoisotopic (exact) mass is 199 g/mol. The number of thiazole rings is 1. The summed E-state index contributed by atoms with van der Waals surface area (Å²) >= 11 is 1.55. The fourth-order valence-electron chi connectivity index (χ4n) is 1.12. The minimum Gasteiger partial charge on any atom is -0.481 e. The lowest BCUT2D eigenvalue weighted by molar-refractivity contribution is -0.136. The number of carbonyl (C=O) groups is 1. The second kappa shape index (κ2) is 4.37. The van der Waals surface area contributed by atoms with Crippen LogP contribution in [0.3, 0.4) is 0 Å². The molecule has 4 heteroatoms. The molecule has 0 aliphatic carbocycles. The highest BCUT2D eigenvalue weighted by molar-refractivity contribution is 7.09. The molecule has 1 N–H and O–H groups in total. The van der Waals surface area contributed by atoms with Gasteiger partial charge in [-0.05, 0) is 12.3 Å². The third-order valence-corrected chi connectivity index (χ3v) is 2.54. The summed E-state index contributed by atoms with van der Waals surface area (Å²) in [6, 6.07) is 0. The van der Waals surface area contributed by atoms with Gasteiger partial charge in [0.25, 0.3) is 0 Å². The Kier molecular flexibility index (Phi) is 3.42. The molecule has 0 aliphatic rings. The molecule has 1 aromatic heterocycles. The number of carboxylic acid groups (broad SMARTS) is 1. The molecule has 0 radical (unpaired) electrons. The van der Waals surface area contributed by atoms with Crippen molar-refractivity contribution in [2.75, 3.05) is 0 Å². The van der Waals surface area contributed by atoms with Gasteiger partial charge in [0.05, 0.1) is 17.6 Å². The molecule has 72 valence electrons. The maximum absolute atomic E-state index is 10.5. The Morgan fingerprint density at radius 3 is 2.92 bits per heavy atom. The van der Waals surface area contributed by atoms with E-state index >= 15 is 0 Å². The first-order chi connectivity index (χ1) is 6.09. The fraction of sp³-hybridized carbons (Fsp3) is 0.556. The SMILES string of the molecule is CC(C)Cc1scnc1CC(=O)O. The van der Waals surface area contributed by atoms with Gasteiger partial charge < -0.3 is 5.11 Å². The summed E-state index contributed by atoms with van der Waals surface area (Å²) in [6.45, 7) is 4.23. The van der Waals surface area contributed by atoms with E-state index in [0.29, 0.717) is 5.92 Å². The number of nitrogens with zero attached hydrogens (tertiary/aromatic N) is 1. The molecule has 0 spiro atoms. The van der Waals surface area contributed by atoms with Crippen molar-refractivity contribution in [1.29, 1.82) is 0 Å². The van der Waals surface area contributed by atoms with Gasteiger partial charge in [0.15, 0.2) is 0 Å². The molecule has 0 amide bonds. The van der Waals surface area contributed by atoms with Crippen LogP contribution in [0, 0.1) is 5.92 Å². The molecule has 13 heavy (non-hydrogen) atoms. The molecule has 0 atom stereocenters. The van der Waals surface area contributed by atoms with Crippen LogP contribution >= 0.6 is 11.3 Å². The third kappa shape index (κ3) is 3.14. The van der Waals surface area contributed by atoms with Crippen LogP contribution in [-0.4, -0.2) is 16.1 Å². The average Bonchev–Trinajstić information content (AvgIpc) is 2.34. The number of hydrogen-bond donors (Lipinski definition) is 1. The predicted molar refractivity (Wildman–Crippen MR) is 52.0 cm³/mol. The first kappa shape index (κ1) is 10.2. The molecule has 0 aliphatic heterocycles. The van der Waals surface area contributed by atoms with E-state index in [1.807, 2.05) is 0 Å². The van der Waals surface area contributed by atoms with Gasteiger partial charge >= 0.3 is 5.97 Å². The van der Waals surface area contributed by atoms with Crippen LogP contribution in [0.15, 0.2) is 5.51 Å². The van der Waals surface area contributed by atoms with E-state index in [1.165, 1.54) is 0 Å². The van der Waals surface area contributed by atoms with Crippen molar-refractivity contribution in [2.24, 2.45) is 5.92 Å². The first-order valence-electron chi connectivity index (χ1n) is 4.22. The highest BCUT2D eigenvalue weighted by atomic mass is 32.1. The van der Waals surface area contributed by atoms with Crippen LogP contribution in [0.2, 0.25) is 0 Å².